The number of likely N-dealkylation sites (N-methyl/N-ethyl adjacent to an activating group) is 1. The van der Waals surface area contributed by atoms with Crippen molar-refractivity contribution >= 4 is 0 Å². The standard InChI is InChI=1S/C14H27NO/c1-11(2)10-13(16)14(15(4)5)8-6-12(3)7-9-14/h12-13,16H,1,6-10H2,2-5H3. The molecule has 2 heteroatoms. The van der Waals surface area contributed by atoms with Crippen LogP contribution in [-0.4, -0.2) is 35.7 Å². The molecule has 0 aromatic rings. The molecular formula is C14H27NO. The fourth-order valence-electron chi connectivity index (χ4n) is 2.86. The van der Waals surface area contributed by atoms with Crippen molar-refractivity contribution in [3.05, 3.63) is 12.2 Å². The summed E-state index contributed by atoms with van der Waals surface area (Å²) in [7, 11) is 4.19. The monoisotopic (exact) mass is 225 g/mol. The van der Waals surface area contributed by atoms with Gasteiger partial charge in [-0.25, -0.2) is 0 Å². The fourth-order valence-corrected chi connectivity index (χ4v) is 2.86. The summed E-state index contributed by atoms with van der Waals surface area (Å²) in [5.74, 6) is 0.810. The van der Waals surface area contributed by atoms with Gasteiger partial charge < -0.3 is 10.0 Å². The van der Waals surface area contributed by atoms with Crippen molar-refractivity contribution in [2.24, 2.45) is 5.92 Å². The minimum atomic E-state index is -0.271. The third kappa shape index (κ3) is 2.86. The Hall–Kier alpha value is -0.340. The zero-order valence-electron chi connectivity index (χ0n) is 11.3. The van der Waals surface area contributed by atoms with Crippen molar-refractivity contribution in [2.45, 2.75) is 57.6 Å². The topological polar surface area (TPSA) is 23.5 Å². The maximum atomic E-state index is 10.4. The highest BCUT2D eigenvalue weighted by Crippen LogP contribution is 2.39. The molecule has 0 aromatic carbocycles. The van der Waals surface area contributed by atoms with Crippen molar-refractivity contribution in [1.29, 1.82) is 0 Å². The molecule has 0 radical (unpaired) electrons. The fraction of sp³-hybridized carbons (Fsp3) is 0.857. The van der Waals surface area contributed by atoms with Crippen molar-refractivity contribution in [2.75, 3.05) is 14.1 Å². The predicted molar refractivity (Wildman–Crippen MR) is 69.5 cm³/mol. The summed E-state index contributed by atoms with van der Waals surface area (Å²) in [6.07, 6.45) is 5.13. The second-order valence-corrected chi connectivity index (χ2v) is 5.86. The van der Waals surface area contributed by atoms with Crippen LogP contribution in [0, 0.1) is 5.92 Å². The maximum Gasteiger partial charge on any atom is 0.0760 e. The first-order valence-corrected chi connectivity index (χ1v) is 6.38. The van der Waals surface area contributed by atoms with Crippen molar-refractivity contribution in [3.8, 4) is 0 Å². The van der Waals surface area contributed by atoms with E-state index < -0.39 is 0 Å². The summed E-state index contributed by atoms with van der Waals surface area (Å²) in [6, 6.07) is 0. The molecular weight excluding hydrogens is 198 g/mol. The van der Waals surface area contributed by atoms with E-state index in [1.165, 1.54) is 12.8 Å². The predicted octanol–water partition coefficient (Wildman–Crippen LogP) is 2.82. The van der Waals surface area contributed by atoms with E-state index in [1.54, 1.807) is 0 Å². The smallest absolute Gasteiger partial charge is 0.0760 e. The van der Waals surface area contributed by atoms with Gasteiger partial charge in [0.15, 0.2) is 0 Å². The van der Waals surface area contributed by atoms with Gasteiger partial charge in [0.25, 0.3) is 0 Å². The van der Waals surface area contributed by atoms with Gasteiger partial charge in [-0.05, 0) is 59.0 Å². The Morgan fingerprint density at radius 2 is 1.94 bits per heavy atom. The highest BCUT2D eigenvalue weighted by Gasteiger charge is 2.41. The summed E-state index contributed by atoms with van der Waals surface area (Å²) in [5.41, 5.74) is 1.05. The Kier molecular flexibility index (Phi) is 4.57. The van der Waals surface area contributed by atoms with Crippen molar-refractivity contribution in [3.63, 3.8) is 0 Å². The van der Waals surface area contributed by atoms with Crippen LogP contribution >= 0.6 is 0 Å². The SMILES string of the molecule is C=C(C)CC(O)C1(N(C)C)CCC(C)CC1. The van der Waals surface area contributed by atoms with Crippen LogP contribution in [0.25, 0.3) is 0 Å². The minimum absolute atomic E-state index is 0.0224. The lowest BCUT2D eigenvalue weighted by Gasteiger charge is -2.47. The molecule has 0 aromatic heterocycles. The van der Waals surface area contributed by atoms with E-state index in [1.807, 2.05) is 6.92 Å². The maximum absolute atomic E-state index is 10.4. The van der Waals surface area contributed by atoms with Crippen molar-refractivity contribution in [1.82, 2.24) is 4.90 Å². The summed E-state index contributed by atoms with van der Waals surface area (Å²) < 4.78 is 0. The third-order valence-corrected chi connectivity index (χ3v) is 4.19. The lowest BCUT2D eigenvalue weighted by molar-refractivity contribution is -0.0381. The van der Waals surface area contributed by atoms with Crippen LogP contribution in [0.2, 0.25) is 0 Å². The van der Waals surface area contributed by atoms with Crippen LogP contribution in [-0.2, 0) is 0 Å². The molecule has 0 bridgehead atoms. The van der Waals surface area contributed by atoms with Crippen LogP contribution in [0.1, 0.15) is 46.0 Å². The number of rotatable bonds is 4. The van der Waals surface area contributed by atoms with E-state index in [9.17, 15) is 5.11 Å². The van der Waals surface area contributed by atoms with E-state index in [2.05, 4.69) is 32.5 Å². The van der Waals surface area contributed by atoms with Gasteiger partial charge in [-0.15, -0.1) is 6.58 Å². The first kappa shape index (κ1) is 13.7. The second kappa shape index (κ2) is 5.33. The Balaban J connectivity index is 2.76. The van der Waals surface area contributed by atoms with Crippen LogP contribution < -0.4 is 0 Å². The molecule has 2 nitrogen and oxygen atoms in total. The molecule has 1 atom stereocenters. The zero-order chi connectivity index (χ0) is 12.3. The molecule has 1 saturated carbocycles. The molecule has 0 saturated heterocycles. The summed E-state index contributed by atoms with van der Waals surface area (Å²) in [5, 5.41) is 10.4. The summed E-state index contributed by atoms with van der Waals surface area (Å²) in [6.45, 7) is 8.23. The molecule has 94 valence electrons. The van der Waals surface area contributed by atoms with Crippen LogP contribution in [0.3, 0.4) is 0 Å². The summed E-state index contributed by atoms with van der Waals surface area (Å²) in [4.78, 5) is 2.23. The van der Waals surface area contributed by atoms with E-state index in [4.69, 9.17) is 0 Å². The molecule has 0 aliphatic heterocycles. The number of aliphatic hydroxyl groups excluding tert-OH is 1. The van der Waals surface area contributed by atoms with Crippen molar-refractivity contribution < 1.29 is 5.11 Å². The van der Waals surface area contributed by atoms with Gasteiger partial charge in [-0.3, -0.25) is 0 Å². The molecule has 16 heavy (non-hydrogen) atoms. The van der Waals surface area contributed by atoms with Gasteiger partial charge in [0.2, 0.25) is 0 Å². The van der Waals surface area contributed by atoms with Gasteiger partial charge in [0, 0.05) is 5.54 Å². The molecule has 0 spiro atoms. The highest BCUT2D eigenvalue weighted by molar-refractivity contribution is 5.03. The molecule has 1 unspecified atom stereocenters. The quantitative estimate of drug-likeness (QED) is 0.744. The van der Waals surface area contributed by atoms with Gasteiger partial charge in [-0.2, -0.15) is 0 Å². The average Bonchev–Trinajstić information content (AvgIpc) is 2.17. The summed E-state index contributed by atoms with van der Waals surface area (Å²) >= 11 is 0. The Morgan fingerprint density at radius 3 is 2.31 bits per heavy atom. The molecule has 0 amide bonds. The number of aliphatic hydroxyl groups is 1. The molecule has 1 N–H and O–H groups in total. The number of nitrogens with zero attached hydrogens (tertiary/aromatic N) is 1. The first-order chi connectivity index (χ1) is 7.38. The van der Waals surface area contributed by atoms with E-state index in [0.717, 1.165) is 30.8 Å². The molecule has 1 aliphatic rings. The van der Waals surface area contributed by atoms with Crippen LogP contribution in [0.15, 0.2) is 12.2 Å². The molecule has 1 fully saturated rings. The van der Waals surface area contributed by atoms with Gasteiger partial charge >= 0.3 is 0 Å². The van der Waals surface area contributed by atoms with Gasteiger partial charge in [0.1, 0.15) is 0 Å². The lowest BCUT2D eigenvalue weighted by Crippen LogP contribution is -2.55. The van der Waals surface area contributed by atoms with Crippen LogP contribution in [0.5, 0.6) is 0 Å². The zero-order valence-corrected chi connectivity index (χ0v) is 11.3. The minimum Gasteiger partial charge on any atom is -0.391 e. The van der Waals surface area contributed by atoms with E-state index in [0.29, 0.717) is 0 Å². The lowest BCUT2D eigenvalue weighted by atomic mass is 9.72. The van der Waals surface area contributed by atoms with E-state index >= 15 is 0 Å². The Labute approximate surface area is 100 Å². The largest absolute Gasteiger partial charge is 0.391 e. The molecule has 1 aliphatic carbocycles. The van der Waals surface area contributed by atoms with Gasteiger partial charge in [0.05, 0.1) is 6.10 Å². The number of hydrogen-bond donors (Lipinski definition) is 1. The molecule has 1 rings (SSSR count). The highest BCUT2D eigenvalue weighted by atomic mass is 16.3. The van der Waals surface area contributed by atoms with E-state index in [-0.39, 0.29) is 11.6 Å². The first-order valence-electron chi connectivity index (χ1n) is 6.38. The normalized spacial score (nSPS) is 32.8. The third-order valence-electron chi connectivity index (χ3n) is 4.19. The Bertz CT molecular complexity index is 239. The second-order valence-electron chi connectivity index (χ2n) is 5.86. The Morgan fingerprint density at radius 1 is 1.44 bits per heavy atom. The van der Waals surface area contributed by atoms with Gasteiger partial charge in [-0.1, -0.05) is 12.5 Å². The van der Waals surface area contributed by atoms with Crippen LogP contribution in [0.4, 0.5) is 0 Å². The molecule has 0 heterocycles. The number of hydrogen-bond acceptors (Lipinski definition) is 2. The average molecular weight is 225 g/mol.